The SMILES string of the molecule is CCOC(=O)c1cccc(-n2c(=O)[nH]c3c(C(N)=O)nc(-c4ccc(OCC)cc4)nc32)c1. The Morgan fingerprint density at radius 3 is 2.48 bits per heavy atom. The Labute approximate surface area is 188 Å². The second kappa shape index (κ2) is 8.95. The number of primary amides is 1. The van der Waals surface area contributed by atoms with E-state index in [1.54, 1.807) is 49.4 Å². The van der Waals surface area contributed by atoms with Crippen molar-refractivity contribution in [1.82, 2.24) is 19.5 Å². The van der Waals surface area contributed by atoms with E-state index in [1.807, 2.05) is 6.92 Å². The lowest BCUT2D eigenvalue weighted by molar-refractivity contribution is 0.0526. The molecule has 0 aliphatic carbocycles. The molecule has 0 spiro atoms. The Morgan fingerprint density at radius 2 is 1.82 bits per heavy atom. The highest BCUT2D eigenvalue weighted by Gasteiger charge is 2.21. The van der Waals surface area contributed by atoms with Crippen LogP contribution in [0.3, 0.4) is 0 Å². The van der Waals surface area contributed by atoms with Crippen molar-refractivity contribution in [2.45, 2.75) is 13.8 Å². The van der Waals surface area contributed by atoms with E-state index in [2.05, 4.69) is 15.0 Å². The lowest BCUT2D eigenvalue weighted by atomic mass is 10.2. The van der Waals surface area contributed by atoms with Crippen LogP contribution < -0.4 is 16.2 Å². The van der Waals surface area contributed by atoms with Gasteiger partial charge in [-0.3, -0.25) is 4.79 Å². The molecule has 168 valence electrons. The highest BCUT2D eigenvalue weighted by molar-refractivity contribution is 6.02. The number of nitrogens with one attached hydrogen (secondary N) is 1. The van der Waals surface area contributed by atoms with E-state index in [0.29, 0.717) is 23.6 Å². The van der Waals surface area contributed by atoms with Crippen LogP contribution in [0.1, 0.15) is 34.7 Å². The second-order valence-corrected chi connectivity index (χ2v) is 6.95. The van der Waals surface area contributed by atoms with E-state index in [4.69, 9.17) is 15.2 Å². The molecular formula is C23H21N5O5. The predicted molar refractivity (Wildman–Crippen MR) is 121 cm³/mol. The van der Waals surface area contributed by atoms with Gasteiger partial charge in [-0.15, -0.1) is 0 Å². The topological polar surface area (TPSA) is 142 Å². The molecule has 4 aromatic rings. The standard InChI is InChI=1S/C23H21N5O5/c1-3-32-16-10-8-13(9-11-16)20-25-17(19(24)29)18-21(27-20)28(23(31)26-18)15-7-5-6-14(12-15)22(30)33-4-2/h5-12H,3-4H2,1-2H3,(H2,24,29)(H,26,31). The summed E-state index contributed by atoms with van der Waals surface area (Å²) in [6.45, 7) is 4.33. The van der Waals surface area contributed by atoms with Gasteiger partial charge in [-0.1, -0.05) is 6.07 Å². The molecule has 1 amide bonds. The quantitative estimate of drug-likeness (QED) is 0.414. The van der Waals surface area contributed by atoms with Gasteiger partial charge in [0.2, 0.25) is 0 Å². The average Bonchev–Trinajstić information content (AvgIpc) is 3.15. The average molecular weight is 447 g/mol. The van der Waals surface area contributed by atoms with Gasteiger partial charge in [0.25, 0.3) is 5.91 Å². The van der Waals surface area contributed by atoms with Crippen LogP contribution in [0.25, 0.3) is 28.2 Å². The van der Waals surface area contributed by atoms with Crippen LogP contribution >= 0.6 is 0 Å². The molecule has 0 aliphatic heterocycles. The summed E-state index contributed by atoms with van der Waals surface area (Å²) in [5.41, 5.74) is 6.34. The van der Waals surface area contributed by atoms with Crippen molar-refractivity contribution in [3.63, 3.8) is 0 Å². The molecule has 10 nitrogen and oxygen atoms in total. The third kappa shape index (κ3) is 4.18. The molecule has 0 atom stereocenters. The minimum Gasteiger partial charge on any atom is -0.494 e. The number of ether oxygens (including phenoxy) is 2. The zero-order valence-corrected chi connectivity index (χ0v) is 18.0. The number of aromatic nitrogens is 4. The molecule has 0 saturated carbocycles. The van der Waals surface area contributed by atoms with Crippen molar-refractivity contribution < 1.29 is 19.1 Å². The van der Waals surface area contributed by atoms with Crippen molar-refractivity contribution in [3.05, 3.63) is 70.3 Å². The molecule has 0 bridgehead atoms. The Morgan fingerprint density at radius 1 is 1.06 bits per heavy atom. The minimum atomic E-state index is -0.816. The number of H-pyrrole nitrogens is 1. The van der Waals surface area contributed by atoms with Crippen LogP contribution in [0.5, 0.6) is 5.75 Å². The van der Waals surface area contributed by atoms with E-state index < -0.39 is 17.6 Å². The summed E-state index contributed by atoms with van der Waals surface area (Å²) < 4.78 is 11.7. The van der Waals surface area contributed by atoms with Crippen LogP contribution in [0, 0.1) is 0 Å². The van der Waals surface area contributed by atoms with Gasteiger partial charge in [-0.25, -0.2) is 24.1 Å². The number of benzene rings is 2. The molecule has 0 fully saturated rings. The first-order valence-electron chi connectivity index (χ1n) is 10.3. The lowest BCUT2D eigenvalue weighted by Crippen LogP contribution is -2.16. The van der Waals surface area contributed by atoms with Gasteiger partial charge < -0.3 is 20.2 Å². The number of fused-ring (bicyclic) bond motifs is 1. The molecule has 10 heteroatoms. The summed E-state index contributed by atoms with van der Waals surface area (Å²) >= 11 is 0. The van der Waals surface area contributed by atoms with E-state index >= 15 is 0 Å². The fraction of sp³-hybridized carbons (Fsp3) is 0.174. The largest absolute Gasteiger partial charge is 0.494 e. The fourth-order valence-electron chi connectivity index (χ4n) is 3.39. The number of carbonyl (C=O) groups excluding carboxylic acids is 2. The predicted octanol–water partition coefficient (Wildman–Crippen LogP) is 2.45. The third-order valence-electron chi connectivity index (χ3n) is 4.81. The highest BCUT2D eigenvalue weighted by atomic mass is 16.5. The van der Waals surface area contributed by atoms with E-state index in [9.17, 15) is 14.4 Å². The number of nitrogens with two attached hydrogens (primary N) is 1. The third-order valence-corrected chi connectivity index (χ3v) is 4.81. The Balaban J connectivity index is 1.91. The van der Waals surface area contributed by atoms with Crippen molar-refractivity contribution >= 4 is 23.0 Å². The zero-order valence-electron chi connectivity index (χ0n) is 18.0. The van der Waals surface area contributed by atoms with Crippen LogP contribution in [-0.4, -0.2) is 44.6 Å². The summed E-state index contributed by atoms with van der Waals surface area (Å²) in [4.78, 5) is 48.5. The van der Waals surface area contributed by atoms with E-state index in [0.717, 1.165) is 0 Å². The van der Waals surface area contributed by atoms with Gasteiger partial charge >= 0.3 is 11.7 Å². The van der Waals surface area contributed by atoms with Gasteiger partial charge in [-0.05, 0) is 56.3 Å². The van der Waals surface area contributed by atoms with Gasteiger partial charge in [0.15, 0.2) is 17.2 Å². The zero-order chi connectivity index (χ0) is 23.5. The molecule has 0 unspecified atom stereocenters. The lowest BCUT2D eigenvalue weighted by Gasteiger charge is -2.08. The normalized spacial score (nSPS) is 10.8. The van der Waals surface area contributed by atoms with Crippen LogP contribution in [0.2, 0.25) is 0 Å². The van der Waals surface area contributed by atoms with E-state index in [-0.39, 0.29) is 34.9 Å². The number of esters is 1. The first-order chi connectivity index (χ1) is 15.9. The first-order valence-corrected chi connectivity index (χ1v) is 10.3. The number of carbonyl (C=O) groups is 2. The summed E-state index contributed by atoms with van der Waals surface area (Å²) in [5.74, 6) is -0.460. The number of aromatic amines is 1. The fourth-order valence-corrected chi connectivity index (χ4v) is 3.39. The number of amides is 1. The summed E-state index contributed by atoms with van der Waals surface area (Å²) in [6.07, 6.45) is 0. The number of imidazole rings is 1. The summed E-state index contributed by atoms with van der Waals surface area (Å²) in [6, 6.07) is 13.3. The highest BCUT2D eigenvalue weighted by Crippen LogP contribution is 2.24. The summed E-state index contributed by atoms with van der Waals surface area (Å²) in [5, 5.41) is 0. The molecule has 4 rings (SSSR count). The summed E-state index contributed by atoms with van der Waals surface area (Å²) in [7, 11) is 0. The van der Waals surface area contributed by atoms with Crippen LogP contribution in [0.15, 0.2) is 53.3 Å². The van der Waals surface area contributed by atoms with Crippen molar-refractivity contribution in [2.24, 2.45) is 5.73 Å². The molecule has 0 aliphatic rings. The van der Waals surface area contributed by atoms with Crippen molar-refractivity contribution in [3.8, 4) is 22.8 Å². The van der Waals surface area contributed by atoms with Gasteiger partial charge in [-0.2, -0.15) is 0 Å². The number of rotatable bonds is 7. The maximum Gasteiger partial charge on any atom is 0.338 e. The molecule has 0 radical (unpaired) electrons. The van der Waals surface area contributed by atoms with Gasteiger partial charge in [0.1, 0.15) is 11.3 Å². The van der Waals surface area contributed by atoms with Crippen molar-refractivity contribution in [1.29, 1.82) is 0 Å². The molecule has 0 saturated heterocycles. The second-order valence-electron chi connectivity index (χ2n) is 6.95. The number of hydrogen-bond donors (Lipinski definition) is 2. The Kier molecular flexibility index (Phi) is 5.90. The molecule has 2 heterocycles. The van der Waals surface area contributed by atoms with Gasteiger partial charge in [0.05, 0.1) is 24.5 Å². The van der Waals surface area contributed by atoms with Crippen molar-refractivity contribution in [2.75, 3.05) is 13.2 Å². The smallest absolute Gasteiger partial charge is 0.338 e. The minimum absolute atomic E-state index is 0.101. The monoisotopic (exact) mass is 447 g/mol. The maximum absolute atomic E-state index is 12.8. The maximum atomic E-state index is 12.8. The number of nitrogens with zero attached hydrogens (tertiary/aromatic N) is 3. The molecular weight excluding hydrogens is 426 g/mol. The molecule has 2 aromatic carbocycles. The molecule has 3 N–H and O–H groups in total. The van der Waals surface area contributed by atoms with Gasteiger partial charge in [0, 0.05) is 5.56 Å². The van der Waals surface area contributed by atoms with E-state index in [1.165, 1.54) is 10.6 Å². The van der Waals surface area contributed by atoms with Crippen LogP contribution in [-0.2, 0) is 4.74 Å². The Hall–Kier alpha value is -4.47. The van der Waals surface area contributed by atoms with Crippen LogP contribution in [0.4, 0.5) is 0 Å². The Bertz CT molecular complexity index is 1410. The first kappa shape index (κ1) is 21.8. The molecule has 2 aromatic heterocycles. The number of hydrogen-bond acceptors (Lipinski definition) is 7. The molecule has 33 heavy (non-hydrogen) atoms.